The molecule has 2 aliphatic rings. The lowest BCUT2D eigenvalue weighted by Crippen LogP contribution is -2.39. The maximum absolute atomic E-state index is 13.0. The number of nitrogens with zero attached hydrogens (tertiary/aromatic N) is 1. The molecule has 3 aromatic carbocycles. The molecule has 0 radical (unpaired) electrons. The van der Waals surface area contributed by atoms with Crippen LogP contribution in [0.4, 0.5) is 11.4 Å². The molecule has 5 rings (SSSR count). The fourth-order valence-electron chi connectivity index (χ4n) is 4.52. The van der Waals surface area contributed by atoms with Gasteiger partial charge < -0.3 is 20.3 Å². The number of carbonyl (C=O) groups is 2. The number of rotatable bonds is 10. The van der Waals surface area contributed by atoms with Crippen molar-refractivity contribution in [1.29, 1.82) is 0 Å². The van der Waals surface area contributed by atoms with Gasteiger partial charge in [0.1, 0.15) is 12.6 Å². The van der Waals surface area contributed by atoms with Crippen molar-refractivity contribution < 1.29 is 14.3 Å². The van der Waals surface area contributed by atoms with E-state index in [9.17, 15) is 9.59 Å². The lowest BCUT2D eigenvalue weighted by molar-refractivity contribution is -0.120. The molecular weight excluding hydrogens is 474 g/mol. The van der Waals surface area contributed by atoms with Crippen molar-refractivity contribution in [3.05, 3.63) is 108 Å². The van der Waals surface area contributed by atoms with E-state index < -0.39 is 0 Å². The van der Waals surface area contributed by atoms with E-state index in [2.05, 4.69) is 17.2 Å². The quantitative estimate of drug-likeness (QED) is 0.250. The zero-order chi connectivity index (χ0) is 26.3. The molecule has 6 nitrogen and oxygen atoms in total. The van der Waals surface area contributed by atoms with E-state index in [-0.39, 0.29) is 23.8 Å². The van der Waals surface area contributed by atoms with E-state index in [0.29, 0.717) is 12.5 Å². The summed E-state index contributed by atoms with van der Waals surface area (Å²) in [5.74, 6) is 0.787. The molecule has 0 spiro atoms. The van der Waals surface area contributed by atoms with Crippen LogP contribution in [0.1, 0.15) is 42.4 Å². The average molecular weight is 508 g/mol. The Morgan fingerprint density at radius 2 is 1.39 bits per heavy atom. The van der Waals surface area contributed by atoms with E-state index in [0.717, 1.165) is 60.3 Å². The standard InChI is InChI=1S/C32H33N3O3/c1-23(38-22-26-6-3-2-4-7-26)35-21-5-8-30(35)32(37)34-29-19-13-25(14-20-29)10-9-24-11-17-28(18-12-24)33-31(36)27-15-16-27/h2-4,6-7,9-14,17-20,27,30H,1,5,8,15-16,21-22H2,(H,33,36)(H,34,37)/b10-9+/t30-/m0/s1. The number of nitrogens with one attached hydrogen (secondary N) is 2. The minimum Gasteiger partial charge on any atom is -0.475 e. The molecule has 6 heteroatoms. The number of carbonyl (C=O) groups excluding carboxylic acids is 2. The summed E-state index contributed by atoms with van der Waals surface area (Å²) in [5, 5.41) is 6.00. The predicted molar refractivity (Wildman–Crippen MR) is 152 cm³/mol. The van der Waals surface area contributed by atoms with E-state index in [1.54, 1.807) is 0 Å². The number of amides is 2. The second-order valence-corrected chi connectivity index (χ2v) is 9.85. The predicted octanol–water partition coefficient (Wildman–Crippen LogP) is 6.30. The zero-order valence-corrected chi connectivity index (χ0v) is 21.4. The molecule has 0 aromatic heterocycles. The number of benzene rings is 3. The van der Waals surface area contributed by atoms with Crippen molar-refractivity contribution in [2.45, 2.75) is 38.3 Å². The van der Waals surface area contributed by atoms with Crippen molar-refractivity contribution in [1.82, 2.24) is 4.90 Å². The number of anilines is 2. The molecule has 1 saturated carbocycles. The van der Waals surface area contributed by atoms with Gasteiger partial charge in [-0.2, -0.15) is 0 Å². The van der Waals surface area contributed by atoms with Gasteiger partial charge in [-0.05, 0) is 73.2 Å². The minimum atomic E-state index is -0.296. The van der Waals surface area contributed by atoms with Crippen LogP contribution in [0.25, 0.3) is 12.2 Å². The van der Waals surface area contributed by atoms with Crippen LogP contribution in [0.2, 0.25) is 0 Å². The molecule has 0 unspecified atom stereocenters. The molecular formula is C32H33N3O3. The van der Waals surface area contributed by atoms with Crippen LogP contribution < -0.4 is 10.6 Å². The van der Waals surface area contributed by atoms with Gasteiger partial charge in [0, 0.05) is 23.8 Å². The maximum atomic E-state index is 13.0. The van der Waals surface area contributed by atoms with Gasteiger partial charge in [0.2, 0.25) is 11.8 Å². The van der Waals surface area contributed by atoms with Crippen LogP contribution in [0.15, 0.2) is 91.3 Å². The van der Waals surface area contributed by atoms with Crippen LogP contribution in [-0.4, -0.2) is 29.3 Å². The third-order valence-electron chi connectivity index (χ3n) is 6.90. The fraction of sp³-hybridized carbons (Fsp3) is 0.250. The first-order chi connectivity index (χ1) is 18.5. The summed E-state index contributed by atoms with van der Waals surface area (Å²) in [4.78, 5) is 26.9. The van der Waals surface area contributed by atoms with Crippen LogP contribution in [0.5, 0.6) is 0 Å². The van der Waals surface area contributed by atoms with Gasteiger partial charge in [-0.1, -0.05) is 66.7 Å². The molecule has 1 aliphatic heterocycles. The van der Waals surface area contributed by atoms with Crippen LogP contribution in [-0.2, 0) is 20.9 Å². The number of likely N-dealkylation sites (tertiary alicyclic amines) is 1. The Morgan fingerprint density at radius 3 is 1.97 bits per heavy atom. The molecule has 3 aromatic rings. The molecule has 1 atom stereocenters. The van der Waals surface area contributed by atoms with Gasteiger partial charge in [-0.3, -0.25) is 9.59 Å². The van der Waals surface area contributed by atoms with Crippen molar-refractivity contribution in [3.63, 3.8) is 0 Å². The van der Waals surface area contributed by atoms with Crippen LogP contribution in [0, 0.1) is 5.92 Å². The van der Waals surface area contributed by atoms with E-state index in [1.165, 1.54) is 0 Å². The molecule has 0 bridgehead atoms. The Labute approximate surface area is 224 Å². The molecule has 1 aliphatic carbocycles. The molecule has 2 N–H and O–H groups in total. The van der Waals surface area contributed by atoms with Crippen LogP contribution in [0.3, 0.4) is 0 Å². The van der Waals surface area contributed by atoms with Gasteiger partial charge >= 0.3 is 0 Å². The second-order valence-electron chi connectivity index (χ2n) is 9.85. The summed E-state index contributed by atoms with van der Waals surface area (Å²) in [7, 11) is 0. The third kappa shape index (κ3) is 6.71. The van der Waals surface area contributed by atoms with E-state index >= 15 is 0 Å². The third-order valence-corrected chi connectivity index (χ3v) is 6.90. The number of hydrogen-bond donors (Lipinski definition) is 2. The first-order valence-corrected chi connectivity index (χ1v) is 13.2. The lowest BCUT2D eigenvalue weighted by Gasteiger charge is -2.27. The van der Waals surface area contributed by atoms with Gasteiger partial charge in [-0.25, -0.2) is 0 Å². The highest BCUT2D eigenvalue weighted by molar-refractivity contribution is 5.95. The first-order valence-electron chi connectivity index (χ1n) is 13.2. The summed E-state index contributed by atoms with van der Waals surface area (Å²) in [6.07, 6.45) is 7.72. The summed E-state index contributed by atoms with van der Waals surface area (Å²) in [5.41, 5.74) is 4.72. The van der Waals surface area contributed by atoms with Gasteiger partial charge in [0.15, 0.2) is 5.88 Å². The smallest absolute Gasteiger partial charge is 0.247 e. The van der Waals surface area contributed by atoms with Crippen molar-refractivity contribution >= 4 is 35.3 Å². The SMILES string of the molecule is C=C(OCc1ccccc1)N1CCC[C@H]1C(=O)Nc1ccc(/C=C/c2ccc(NC(=O)C3CC3)cc2)cc1. The normalized spacial score (nSPS) is 16.8. The Morgan fingerprint density at radius 1 is 0.816 bits per heavy atom. The van der Waals surface area contributed by atoms with Crippen molar-refractivity contribution in [2.24, 2.45) is 5.92 Å². The zero-order valence-electron chi connectivity index (χ0n) is 21.4. The summed E-state index contributed by atoms with van der Waals surface area (Å²) < 4.78 is 5.88. The van der Waals surface area contributed by atoms with Gasteiger partial charge in [0.05, 0.1) is 0 Å². The average Bonchev–Trinajstić information content (AvgIpc) is 3.69. The van der Waals surface area contributed by atoms with Crippen molar-refractivity contribution in [2.75, 3.05) is 17.2 Å². The van der Waals surface area contributed by atoms with E-state index in [4.69, 9.17) is 4.74 Å². The monoisotopic (exact) mass is 507 g/mol. The van der Waals surface area contributed by atoms with E-state index in [1.807, 2.05) is 95.9 Å². The van der Waals surface area contributed by atoms with Crippen LogP contribution >= 0.6 is 0 Å². The molecule has 2 fully saturated rings. The highest BCUT2D eigenvalue weighted by Crippen LogP contribution is 2.30. The Hall–Kier alpha value is -4.32. The van der Waals surface area contributed by atoms with Gasteiger partial charge in [-0.15, -0.1) is 0 Å². The fourth-order valence-corrected chi connectivity index (χ4v) is 4.52. The number of ether oxygens (including phenoxy) is 1. The second kappa shape index (κ2) is 11.8. The van der Waals surface area contributed by atoms with Crippen molar-refractivity contribution in [3.8, 4) is 0 Å². The molecule has 1 heterocycles. The Balaban J connectivity index is 1.12. The topological polar surface area (TPSA) is 70.7 Å². The summed E-state index contributed by atoms with van der Waals surface area (Å²) in [6, 6.07) is 25.2. The number of hydrogen-bond acceptors (Lipinski definition) is 4. The minimum absolute atomic E-state index is 0.0517. The highest BCUT2D eigenvalue weighted by Gasteiger charge is 2.32. The maximum Gasteiger partial charge on any atom is 0.247 e. The largest absolute Gasteiger partial charge is 0.475 e. The molecule has 2 amide bonds. The van der Waals surface area contributed by atoms with Gasteiger partial charge in [0.25, 0.3) is 0 Å². The summed E-state index contributed by atoms with van der Waals surface area (Å²) >= 11 is 0. The highest BCUT2D eigenvalue weighted by atomic mass is 16.5. The molecule has 38 heavy (non-hydrogen) atoms. The Bertz CT molecular complexity index is 1300. The summed E-state index contributed by atoms with van der Waals surface area (Å²) in [6.45, 7) is 5.26. The lowest BCUT2D eigenvalue weighted by atomic mass is 10.1. The molecule has 194 valence electrons. The Kier molecular flexibility index (Phi) is 7.88. The first kappa shape index (κ1) is 25.3. The molecule has 1 saturated heterocycles.